The minimum atomic E-state index is -3.80. The minimum absolute atomic E-state index is 0.0430. The molecular formula is C32H37N3O12S. The molecule has 15 nitrogen and oxygen atoms in total. The molecule has 0 atom stereocenters. The summed E-state index contributed by atoms with van der Waals surface area (Å²) in [6, 6.07) is 19.3. The van der Waals surface area contributed by atoms with Gasteiger partial charge >= 0.3 is 11.9 Å². The van der Waals surface area contributed by atoms with Crippen molar-refractivity contribution >= 4 is 45.3 Å². The van der Waals surface area contributed by atoms with E-state index in [4.69, 9.17) is 24.4 Å². The van der Waals surface area contributed by atoms with Crippen molar-refractivity contribution in [2.45, 2.75) is 30.6 Å². The highest BCUT2D eigenvalue weighted by molar-refractivity contribution is 7.92. The predicted octanol–water partition coefficient (Wildman–Crippen LogP) is 2.58. The van der Waals surface area contributed by atoms with Crippen LogP contribution in [0.2, 0.25) is 0 Å². The number of ketones is 2. The second kappa shape index (κ2) is 21.6. The number of carbonyl (C=O) groups excluding carboxylic acids is 3. The highest BCUT2D eigenvalue weighted by Crippen LogP contribution is 2.14. The lowest BCUT2D eigenvalue weighted by Gasteiger charge is -2.08. The van der Waals surface area contributed by atoms with Crippen molar-refractivity contribution in [2.24, 2.45) is 0 Å². The summed E-state index contributed by atoms with van der Waals surface area (Å²) in [6.07, 6.45) is 2.33. The number of ether oxygens (including phenoxy) is 3. The lowest BCUT2D eigenvalue weighted by atomic mass is 10.2. The number of hydrogen-bond donors (Lipinski definition) is 4. The predicted molar refractivity (Wildman–Crippen MR) is 171 cm³/mol. The number of nitrogens with one attached hydrogen (secondary N) is 2. The first-order valence-corrected chi connectivity index (χ1v) is 16.1. The number of amides is 1. The van der Waals surface area contributed by atoms with Gasteiger partial charge in [-0.1, -0.05) is 36.4 Å². The van der Waals surface area contributed by atoms with Crippen molar-refractivity contribution < 1.29 is 56.8 Å². The van der Waals surface area contributed by atoms with Gasteiger partial charge in [0.25, 0.3) is 15.9 Å². The molecule has 2 aromatic carbocycles. The molecule has 0 unspecified atom stereocenters. The molecule has 4 N–H and O–H groups in total. The number of Topliss-reactive ketones (excluding diaryl/α,β-unsaturated/α-hetero) is 2. The average molecular weight is 688 g/mol. The third-order valence-electron chi connectivity index (χ3n) is 5.85. The van der Waals surface area contributed by atoms with Gasteiger partial charge in [0.1, 0.15) is 24.8 Å². The van der Waals surface area contributed by atoms with Crippen LogP contribution < -0.4 is 14.8 Å². The zero-order valence-corrected chi connectivity index (χ0v) is 26.7. The summed E-state index contributed by atoms with van der Waals surface area (Å²) >= 11 is 0. The Bertz CT molecular complexity index is 1570. The van der Waals surface area contributed by atoms with Crippen LogP contribution in [0.15, 0.2) is 83.9 Å². The van der Waals surface area contributed by atoms with Crippen molar-refractivity contribution in [1.82, 2.24) is 10.3 Å². The number of nitrogens with zero attached hydrogens (tertiary/aromatic N) is 1. The van der Waals surface area contributed by atoms with Gasteiger partial charge in [-0.15, -0.1) is 0 Å². The van der Waals surface area contributed by atoms with E-state index in [1.165, 1.54) is 30.5 Å². The highest BCUT2D eigenvalue weighted by Gasteiger charge is 2.15. The molecule has 0 bridgehead atoms. The van der Waals surface area contributed by atoms with Crippen LogP contribution >= 0.6 is 0 Å². The van der Waals surface area contributed by atoms with Gasteiger partial charge in [-0.2, -0.15) is 0 Å². The molecule has 48 heavy (non-hydrogen) atoms. The number of para-hydroxylation sites is 1. The van der Waals surface area contributed by atoms with Crippen molar-refractivity contribution in [3.8, 4) is 5.75 Å². The fourth-order valence-electron chi connectivity index (χ4n) is 3.58. The number of aromatic nitrogens is 1. The fourth-order valence-corrected chi connectivity index (χ4v) is 4.61. The summed E-state index contributed by atoms with van der Waals surface area (Å²) in [5.41, 5.74) is 0.158. The molecule has 0 fully saturated rings. The summed E-state index contributed by atoms with van der Waals surface area (Å²) in [6.45, 7) is -0.618. The lowest BCUT2D eigenvalue weighted by molar-refractivity contribution is -0.142. The highest BCUT2D eigenvalue weighted by atomic mass is 32.2. The molecule has 16 heteroatoms. The summed E-state index contributed by atoms with van der Waals surface area (Å²) in [5, 5.41) is 19.2. The maximum Gasteiger partial charge on any atom is 0.341 e. The number of aliphatic carboxylic acids is 2. The average Bonchev–Trinajstić information content (AvgIpc) is 3.07. The number of sulfonamides is 1. The van der Waals surface area contributed by atoms with Crippen LogP contribution in [-0.4, -0.2) is 92.6 Å². The van der Waals surface area contributed by atoms with Crippen LogP contribution in [-0.2, 0) is 38.7 Å². The van der Waals surface area contributed by atoms with Crippen LogP contribution in [0.3, 0.4) is 0 Å². The number of anilines is 1. The molecule has 258 valence electrons. The Kier molecular flexibility index (Phi) is 17.5. The largest absolute Gasteiger partial charge is 0.482 e. The fraction of sp³-hybridized carbons (Fsp3) is 0.312. The van der Waals surface area contributed by atoms with Crippen molar-refractivity contribution in [3.63, 3.8) is 0 Å². The molecule has 0 aliphatic rings. The topological polar surface area (TPSA) is 225 Å². The second-order valence-corrected chi connectivity index (χ2v) is 11.5. The van der Waals surface area contributed by atoms with Gasteiger partial charge in [0, 0.05) is 32.3 Å². The molecule has 1 heterocycles. The smallest absolute Gasteiger partial charge is 0.341 e. The minimum Gasteiger partial charge on any atom is -0.482 e. The number of rotatable bonds is 21. The van der Waals surface area contributed by atoms with Crippen LogP contribution in [0.25, 0.3) is 0 Å². The van der Waals surface area contributed by atoms with E-state index < -0.39 is 34.5 Å². The Labute approximate surface area is 277 Å². The van der Waals surface area contributed by atoms with Gasteiger partial charge in [0.15, 0.2) is 18.2 Å². The maximum atomic E-state index is 12.3. The SMILES string of the molecule is O=C(O)COCCCC(=O)COCCCC(=O)CNC(=O)c1ccc(NS(=O)(=O)c2ccccc2)nc1.O=C(O)COc1ccccc1. The monoisotopic (exact) mass is 687 g/mol. The molecule has 0 saturated heterocycles. The first-order chi connectivity index (χ1) is 23.0. The summed E-state index contributed by atoms with van der Waals surface area (Å²) in [7, 11) is -3.80. The first-order valence-electron chi connectivity index (χ1n) is 14.6. The zero-order valence-electron chi connectivity index (χ0n) is 25.9. The first kappa shape index (κ1) is 39.0. The summed E-state index contributed by atoms with van der Waals surface area (Å²) < 4.78 is 41.9. The van der Waals surface area contributed by atoms with Crippen LogP contribution in [0.5, 0.6) is 5.75 Å². The third kappa shape index (κ3) is 16.9. The standard InChI is InChI=1S/C24H29N3O9S.C8H8O3/c28-19(6-4-12-35-16-20(29)7-5-13-36-17-23(30)31)15-26-24(32)18-10-11-22(25-14-18)27-37(33,34)21-8-2-1-3-9-21;9-8(10)6-11-7-4-2-1-3-5-7/h1-3,8-11,14H,4-7,12-13,15-17H2,(H,25,27)(H,26,32)(H,30,31);1-5H,6H2,(H,9,10). The second-order valence-electron chi connectivity index (χ2n) is 9.81. The van der Waals surface area contributed by atoms with Crippen LogP contribution in [0.1, 0.15) is 36.0 Å². The third-order valence-corrected chi connectivity index (χ3v) is 7.22. The van der Waals surface area contributed by atoms with Crippen LogP contribution in [0, 0.1) is 0 Å². The molecular weight excluding hydrogens is 650 g/mol. The summed E-state index contributed by atoms with van der Waals surface area (Å²) in [5.74, 6) is -2.32. The van der Waals surface area contributed by atoms with E-state index >= 15 is 0 Å². The van der Waals surface area contributed by atoms with E-state index in [1.54, 1.807) is 42.5 Å². The van der Waals surface area contributed by atoms with Crippen LogP contribution in [0.4, 0.5) is 5.82 Å². The van der Waals surface area contributed by atoms with Gasteiger partial charge in [0.2, 0.25) is 0 Å². The quantitative estimate of drug-likeness (QED) is 0.118. The molecule has 0 saturated carbocycles. The van der Waals surface area contributed by atoms with Crippen molar-refractivity contribution in [2.75, 3.05) is 44.3 Å². The maximum absolute atomic E-state index is 12.3. The van der Waals surface area contributed by atoms with E-state index in [-0.39, 0.29) is 73.7 Å². The molecule has 1 amide bonds. The van der Waals surface area contributed by atoms with E-state index in [0.29, 0.717) is 18.6 Å². The molecule has 0 aliphatic heterocycles. The normalized spacial score (nSPS) is 10.6. The number of carbonyl (C=O) groups is 5. The van der Waals surface area contributed by atoms with Crippen molar-refractivity contribution in [1.29, 1.82) is 0 Å². The van der Waals surface area contributed by atoms with Gasteiger partial charge in [-0.25, -0.2) is 23.0 Å². The summed E-state index contributed by atoms with van der Waals surface area (Å²) in [4.78, 5) is 60.2. The Morgan fingerprint density at radius 1 is 0.708 bits per heavy atom. The molecule has 0 spiro atoms. The molecule has 1 aromatic heterocycles. The van der Waals surface area contributed by atoms with E-state index in [9.17, 15) is 32.4 Å². The Hall–Kier alpha value is -5.19. The number of pyridine rings is 1. The molecule has 0 aliphatic carbocycles. The Morgan fingerprint density at radius 2 is 1.29 bits per heavy atom. The Balaban J connectivity index is 0.000000613. The van der Waals surface area contributed by atoms with E-state index in [0.717, 1.165) is 0 Å². The Morgan fingerprint density at radius 3 is 1.88 bits per heavy atom. The van der Waals surface area contributed by atoms with Gasteiger partial charge in [-0.3, -0.25) is 19.1 Å². The number of benzene rings is 2. The lowest BCUT2D eigenvalue weighted by Crippen LogP contribution is -2.29. The van der Waals surface area contributed by atoms with Gasteiger partial charge in [0.05, 0.1) is 17.0 Å². The van der Waals surface area contributed by atoms with Crippen molar-refractivity contribution in [3.05, 3.63) is 84.6 Å². The zero-order chi connectivity index (χ0) is 35.2. The number of carboxylic acids is 2. The number of hydrogen-bond acceptors (Lipinski definition) is 11. The van der Waals surface area contributed by atoms with Gasteiger partial charge in [-0.05, 0) is 49.2 Å². The van der Waals surface area contributed by atoms with Gasteiger partial charge < -0.3 is 29.7 Å². The van der Waals surface area contributed by atoms with E-state index in [1.807, 2.05) is 6.07 Å². The molecule has 3 aromatic rings. The molecule has 3 rings (SSSR count). The number of carboxylic acid groups (broad SMARTS) is 2. The molecule has 0 radical (unpaired) electrons. The van der Waals surface area contributed by atoms with E-state index in [2.05, 4.69) is 15.0 Å².